The summed E-state index contributed by atoms with van der Waals surface area (Å²) in [6.45, 7) is 13.0. The van der Waals surface area contributed by atoms with Crippen LogP contribution in [0, 0.1) is 0 Å². The smallest absolute Gasteiger partial charge is 0.322 e. The zero-order chi connectivity index (χ0) is 16.8. The molecule has 6 nitrogen and oxygen atoms in total. The van der Waals surface area contributed by atoms with Gasteiger partial charge < -0.3 is 20.3 Å². The van der Waals surface area contributed by atoms with Crippen molar-refractivity contribution in [3.05, 3.63) is 0 Å². The molecule has 0 saturated carbocycles. The van der Waals surface area contributed by atoms with E-state index in [0.29, 0.717) is 6.61 Å². The number of nitrogens with zero attached hydrogens (tertiary/aromatic N) is 2. The molecule has 0 spiro atoms. The van der Waals surface area contributed by atoms with Crippen molar-refractivity contribution < 1.29 is 9.53 Å². The Morgan fingerprint density at radius 1 is 1.35 bits per heavy atom. The number of carbonyl (C=O) groups is 1. The van der Waals surface area contributed by atoms with E-state index in [2.05, 4.69) is 29.4 Å². The van der Waals surface area contributed by atoms with E-state index in [0.717, 1.165) is 26.2 Å². The third kappa shape index (κ3) is 14.6. The fourth-order valence-corrected chi connectivity index (χ4v) is 1.96. The molecule has 0 aromatic heterocycles. The van der Waals surface area contributed by atoms with Gasteiger partial charge in [0.2, 0.25) is 0 Å². The van der Waals surface area contributed by atoms with Crippen LogP contribution in [0.3, 0.4) is 0 Å². The Kier molecular flexibility index (Phi) is 17.3. The zero-order valence-electron chi connectivity index (χ0n) is 15.2. The van der Waals surface area contributed by atoms with Crippen LogP contribution in [0.5, 0.6) is 0 Å². The Morgan fingerprint density at radius 3 is 2.52 bits per heavy atom. The van der Waals surface area contributed by atoms with Crippen molar-refractivity contribution in [2.45, 2.75) is 47.1 Å². The summed E-state index contributed by atoms with van der Waals surface area (Å²) in [5.41, 5.74) is 0. The molecule has 1 atom stereocenters. The number of nitrogens with one attached hydrogen (secondary N) is 2. The molecule has 1 fully saturated rings. The summed E-state index contributed by atoms with van der Waals surface area (Å²) in [6, 6.07) is -0.197. The Hall–Kier alpha value is -0.690. The van der Waals surface area contributed by atoms with Crippen LogP contribution >= 0.6 is 0 Å². The Balaban J connectivity index is 0. The maximum Gasteiger partial charge on any atom is 0.322 e. The first-order chi connectivity index (χ1) is 10.5. The summed E-state index contributed by atoms with van der Waals surface area (Å²) in [7, 11) is 3.90. The lowest BCUT2D eigenvalue weighted by Crippen LogP contribution is -2.36. The van der Waals surface area contributed by atoms with Crippen LogP contribution in [0.2, 0.25) is 0 Å². The van der Waals surface area contributed by atoms with Crippen molar-refractivity contribution in [3.8, 4) is 0 Å². The molecule has 1 aliphatic rings. The molecular formula is C17H40N4O2. The number of likely N-dealkylation sites (N-methyl/N-ethyl adjacent to an activating group) is 1. The third-order valence-electron chi connectivity index (χ3n) is 3.32. The van der Waals surface area contributed by atoms with Gasteiger partial charge in [-0.3, -0.25) is 9.69 Å². The van der Waals surface area contributed by atoms with Gasteiger partial charge in [0.05, 0.1) is 0 Å². The molecule has 0 radical (unpaired) electrons. The van der Waals surface area contributed by atoms with Gasteiger partial charge in [-0.1, -0.05) is 21.3 Å². The van der Waals surface area contributed by atoms with E-state index in [9.17, 15) is 4.79 Å². The Labute approximate surface area is 143 Å². The molecule has 1 aliphatic heterocycles. The SMILES string of the molecule is C.CCCN1CCNC1.CCCNC(C)C(=O)OCCN(C)C. The van der Waals surface area contributed by atoms with E-state index in [1.165, 1.54) is 26.1 Å². The molecule has 1 unspecified atom stereocenters. The molecule has 6 heteroatoms. The second kappa shape index (κ2) is 16.2. The number of hydrogen-bond donors (Lipinski definition) is 2. The van der Waals surface area contributed by atoms with E-state index in [1.54, 1.807) is 0 Å². The molecule has 0 amide bonds. The standard InChI is InChI=1S/C10H22N2O2.C6H14N2.CH4/c1-5-6-11-9(2)10(13)14-8-7-12(3)4;1-2-4-8-5-3-7-6-8;/h9,11H,5-8H2,1-4H3;7H,2-6H2,1H3;1H4. The number of carbonyl (C=O) groups excluding carboxylic acids is 1. The van der Waals surface area contributed by atoms with E-state index in [-0.39, 0.29) is 19.4 Å². The second-order valence-corrected chi connectivity index (χ2v) is 5.92. The maximum absolute atomic E-state index is 11.3. The fraction of sp³-hybridized carbons (Fsp3) is 0.941. The average molecular weight is 333 g/mol. The van der Waals surface area contributed by atoms with Crippen molar-refractivity contribution in [2.24, 2.45) is 0 Å². The highest BCUT2D eigenvalue weighted by Crippen LogP contribution is 1.92. The third-order valence-corrected chi connectivity index (χ3v) is 3.32. The summed E-state index contributed by atoms with van der Waals surface area (Å²) >= 11 is 0. The van der Waals surface area contributed by atoms with Gasteiger partial charge in [-0.25, -0.2) is 0 Å². The quantitative estimate of drug-likeness (QED) is 0.622. The number of ether oxygens (including phenoxy) is 1. The van der Waals surface area contributed by atoms with Gasteiger partial charge in [0.15, 0.2) is 0 Å². The predicted octanol–water partition coefficient (Wildman–Crippen LogP) is 1.37. The lowest BCUT2D eigenvalue weighted by atomic mass is 10.3. The van der Waals surface area contributed by atoms with Crippen LogP contribution < -0.4 is 10.6 Å². The summed E-state index contributed by atoms with van der Waals surface area (Å²) in [5.74, 6) is -0.166. The minimum Gasteiger partial charge on any atom is -0.463 e. The highest BCUT2D eigenvalue weighted by molar-refractivity contribution is 5.75. The maximum atomic E-state index is 11.3. The van der Waals surface area contributed by atoms with Crippen LogP contribution in [0.4, 0.5) is 0 Å². The summed E-state index contributed by atoms with van der Waals surface area (Å²) in [4.78, 5) is 15.7. The molecule has 0 aromatic rings. The largest absolute Gasteiger partial charge is 0.463 e. The highest BCUT2D eigenvalue weighted by Gasteiger charge is 2.12. The summed E-state index contributed by atoms with van der Waals surface area (Å²) < 4.78 is 5.07. The molecule has 1 rings (SSSR count). The van der Waals surface area contributed by atoms with Gasteiger partial charge in [0.1, 0.15) is 12.6 Å². The molecule has 0 aliphatic carbocycles. The van der Waals surface area contributed by atoms with Gasteiger partial charge >= 0.3 is 5.97 Å². The number of rotatable bonds is 9. The lowest BCUT2D eigenvalue weighted by Gasteiger charge is -2.14. The van der Waals surface area contributed by atoms with E-state index < -0.39 is 0 Å². The van der Waals surface area contributed by atoms with Crippen molar-refractivity contribution in [1.82, 2.24) is 20.4 Å². The molecule has 1 saturated heterocycles. The monoisotopic (exact) mass is 332 g/mol. The first-order valence-corrected chi connectivity index (χ1v) is 8.49. The fourth-order valence-electron chi connectivity index (χ4n) is 1.96. The van der Waals surface area contributed by atoms with Crippen LogP contribution in [-0.2, 0) is 9.53 Å². The van der Waals surface area contributed by atoms with Crippen molar-refractivity contribution >= 4 is 5.97 Å². The van der Waals surface area contributed by atoms with Gasteiger partial charge in [0.25, 0.3) is 0 Å². The minimum absolute atomic E-state index is 0. The summed E-state index contributed by atoms with van der Waals surface area (Å²) in [6.07, 6.45) is 2.30. The van der Waals surface area contributed by atoms with Gasteiger partial charge in [-0.15, -0.1) is 0 Å². The van der Waals surface area contributed by atoms with Crippen LogP contribution in [0.25, 0.3) is 0 Å². The van der Waals surface area contributed by atoms with Crippen molar-refractivity contribution in [2.75, 3.05) is 60.1 Å². The Morgan fingerprint density at radius 2 is 2.04 bits per heavy atom. The molecule has 2 N–H and O–H groups in total. The normalized spacial score (nSPS) is 15.6. The van der Waals surface area contributed by atoms with E-state index >= 15 is 0 Å². The Bertz CT molecular complexity index is 269. The first kappa shape index (κ1) is 24.6. The van der Waals surface area contributed by atoms with Gasteiger partial charge in [-0.2, -0.15) is 0 Å². The molecule has 0 bridgehead atoms. The van der Waals surface area contributed by atoms with Crippen LogP contribution in [-0.4, -0.2) is 81.9 Å². The zero-order valence-corrected chi connectivity index (χ0v) is 15.2. The van der Waals surface area contributed by atoms with Crippen molar-refractivity contribution in [3.63, 3.8) is 0 Å². The van der Waals surface area contributed by atoms with E-state index in [4.69, 9.17) is 4.74 Å². The van der Waals surface area contributed by atoms with Crippen LogP contribution in [0.1, 0.15) is 41.0 Å². The predicted molar refractivity (Wildman–Crippen MR) is 98.7 cm³/mol. The van der Waals surface area contributed by atoms with Gasteiger partial charge in [-0.05, 0) is 47.0 Å². The number of esters is 1. The number of hydrogen-bond acceptors (Lipinski definition) is 6. The second-order valence-electron chi connectivity index (χ2n) is 5.92. The lowest BCUT2D eigenvalue weighted by molar-refractivity contribution is -0.145. The topological polar surface area (TPSA) is 56.8 Å². The average Bonchev–Trinajstić information content (AvgIpc) is 2.98. The molecule has 140 valence electrons. The van der Waals surface area contributed by atoms with Crippen molar-refractivity contribution in [1.29, 1.82) is 0 Å². The summed E-state index contributed by atoms with van der Waals surface area (Å²) in [5, 5.41) is 6.37. The minimum atomic E-state index is -0.197. The molecule has 23 heavy (non-hydrogen) atoms. The highest BCUT2D eigenvalue weighted by atomic mass is 16.5. The molecular weight excluding hydrogens is 292 g/mol. The first-order valence-electron chi connectivity index (χ1n) is 8.49. The molecule has 0 aromatic carbocycles. The van der Waals surface area contributed by atoms with Gasteiger partial charge in [0, 0.05) is 26.3 Å². The van der Waals surface area contributed by atoms with E-state index in [1.807, 2.05) is 25.9 Å². The molecule has 1 heterocycles. The van der Waals surface area contributed by atoms with Crippen LogP contribution in [0.15, 0.2) is 0 Å².